The van der Waals surface area contributed by atoms with Crippen molar-refractivity contribution in [3.8, 4) is 0 Å². The van der Waals surface area contributed by atoms with Crippen molar-refractivity contribution >= 4 is 29.3 Å². The predicted octanol–water partition coefficient (Wildman–Crippen LogP) is 3.36. The maximum atomic E-state index is 15.7. The molecule has 1 aliphatic heterocycles. The van der Waals surface area contributed by atoms with Crippen molar-refractivity contribution < 1.29 is 32.7 Å². The zero-order chi connectivity index (χ0) is 33.3. The second-order valence-corrected chi connectivity index (χ2v) is 13.9. The second kappa shape index (κ2) is 13.9. The lowest BCUT2D eigenvalue weighted by molar-refractivity contribution is -0.142. The topological polar surface area (TPSA) is 120 Å². The van der Waals surface area contributed by atoms with Crippen molar-refractivity contribution in [1.82, 2.24) is 20.4 Å². The monoisotopic (exact) mass is 645 g/mol. The van der Waals surface area contributed by atoms with Crippen LogP contribution in [-0.4, -0.2) is 97.1 Å². The first-order chi connectivity index (χ1) is 21.9. The van der Waals surface area contributed by atoms with E-state index in [4.69, 9.17) is 4.74 Å². The van der Waals surface area contributed by atoms with Crippen LogP contribution in [0.3, 0.4) is 0 Å². The normalized spacial score (nSPS) is 23.7. The highest BCUT2D eigenvalue weighted by Crippen LogP contribution is 2.51. The van der Waals surface area contributed by atoms with E-state index in [1.54, 1.807) is 17.9 Å². The van der Waals surface area contributed by atoms with Crippen LogP contribution in [0.2, 0.25) is 0 Å². The number of carbonyl (C=O) groups excluding carboxylic acids is 4. The van der Waals surface area contributed by atoms with E-state index < -0.39 is 53.3 Å². The van der Waals surface area contributed by atoms with E-state index in [2.05, 4.69) is 20.9 Å². The summed E-state index contributed by atoms with van der Waals surface area (Å²) in [5.74, 6) is -2.87. The average molecular weight is 646 g/mol. The van der Waals surface area contributed by atoms with Crippen molar-refractivity contribution in [1.29, 1.82) is 0 Å². The molecule has 12 heteroatoms. The van der Waals surface area contributed by atoms with Crippen molar-refractivity contribution in [2.24, 2.45) is 17.8 Å². The number of halogens is 2. The highest BCUT2D eigenvalue weighted by Gasteiger charge is 2.54. The second-order valence-electron chi connectivity index (χ2n) is 13.9. The van der Waals surface area contributed by atoms with E-state index in [9.17, 15) is 23.6 Å². The molecule has 3 N–H and O–H groups in total. The summed E-state index contributed by atoms with van der Waals surface area (Å²) in [5.41, 5.74) is -1.53. The summed E-state index contributed by atoms with van der Waals surface area (Å²) >= 11 is 0. The van der Waals surface area contributed by atoms with Gasteiger partial charge in [0.15, 0.2) is 5.67 Å². The molecule has 0 unspecified atom stereocenters. The molecule has 4 aliphatic rings. The van der Waals surface area contributed by atoms with Gasteiger partial charge in [0.25, 0.3) is 5.91 Å². The maximum Gasteiger partial charge on any atom is 0.258 e. The Morgan fingerprint density at radius 2 is 1.67 bits per heavy atom. The molecule has 0 radical (unpaired) electrons. The zero-order valence-electron chi connectivity index (χ0n) is 27.6. The first-order valence-corrected chi connectivity index (χ1v) is 16.8. The van der Waals surface area contributed by atoms with Crippen molar-refractivity contribution in [2.45, 2.75) is 102 Å². The lowest BCUT2D eigenvalue weighted by Gasteiger charge is -2.40. The third-order valence-electron chi connectivity index (χ3n) is 10.4. The molecule has 5 atom stereocenters. The Bertz CT molecular complexity index is 1300. The zero-order valence-corrected chi connectivity index (χ0v) is 27.6. The maximum absolute atomic E-state index is 15.7. The lowest BCUT2D eigenvalue weighted by atomic mass is 9.88. The van der Waals surface area contributed by atoms with Crippen LogP contribution in [0.1, 0.15) is 77.2 Å². The van der Waals surface area contributed by atoms with Crippen molar-refractivity contribution in [2.75, 3.05) is 39.1 Å². The number of benzene rings is 1. The summed E-state index contributed by atoms with van der Waals surface area (Å²) in [6.07, 6.45) is 3.78. The molecule has 5 rings (SSSR count). The van der Waals surface area contributed by atoms with Crippen LogP contribution < -0.4 is 16.0 Å². The van der Waals surface area contributed by atoms with Gasteiger partial charge in [0.2, 0.25) is 17.7 Å². The first-order valence-electron chi connectivity index (χ1n) is 16.8. The summed E-state index contributed by atoms with van der Waals surface area (Å²) in [6.45, 7) is 7.30. The molecule has 0 spiro atoms. The predicted molar refractivity (Wildman–Crippen MR) is 169 cm³/mol. The third kappa shape index (κ3) is 7.70. The fourth-order valence-electron chi connectivity index (χ4n) is 6.71. The Morgan fingerprint density at radius 3 is 2.20 bits per heavy atom. The van der Waals surface area contributed by atoms with Crippen molar-refractivity contribution in [3.63, 3.8) is 0 Å². The first kappa shape index (κ1) is 34.2. The van der Waals surface area contributed by atoms with Gasteiger partial charge in [-0.25, -0.2) is 8.78 Å². The smallest absolute Gasteiger partial charge is 0.258 e. The van der Waals surface area contributed by atoms with Gasteiger partial charge in [0.05, 0.1) is 5.69 Å². The van der Waals surface area contributed by atoms with Crippen LogP contribution in [0.25, 0.3) is 0 Å². The van der Waals surface area contributed by atoms with E-state index in [-0.39, 0.29) is 48.2 Å². The van der Waals surface area contributed by atoms with Gasteiger partial charge >= 0.3 is 0 Å². The van der Waals surface area contributed by atoms with E-state index in [0.717, 1.165) is 25.7 Å². The molecular weight excluding hydrogens is 596 g/mol. The van der Waals surface area contributed by atoms with E-state index in [0.29, 0.717) is 31.6 Å². The van der Waals surface area contributed by atoms with Crippen molar-refractivity contribution in [3.05, 3.63) is 29.6 Å². The standard InChI is InChI=1S/C34H49F2N5O5/c1-6-26(46-5)30(42)38-28(32(44)41-16-15-40(4)19(2)18-41)20(3)23-11-12-25(24(35)17-23)37-31(43)29(39-33(45)34(36)13-14-34)27(21-7-8-21)22-9-10-22/h11-12,17,19-22,26-29H,6-10,13-16,18H2,1-5H3,(H,37,43)(H,38,42)(H,39,45)/t19-,20+,26-,28-,29+/m1/s1. The minimum absolute atomic E-state index is 0.0721. The summed E-state index contributed by atoms with van der Waals surface area (Å²) in [5, 5.41) is 8.22. The fourth-order valence-corrected chi connectivity index (χ4v) is 6.71. The lowest BCUT2D eigenvalue weighted by Crippen LogP contribution is -2.58. The van der Waals surface area contributed by atoms with Gasteiger partial charge in [-0.3, -0.25) is 19.2 Å². The molecule has 4 fully saturated rings. The number of amides is 4. The summed E-state index contributed by atoms with van der Waals surface area (Å²) in [7, 11) is 3.44. The number of methoxy groups -OCH3 is 1. The minimum atomic E-state index is -1.93. The Kier molecular flexibility index (Phi) is 10.4. The quantitative estimate of drug-likeness (QED) is 0.286. The molecule has 1 aromatic carbocycles. The number of piperazine rings is 1. The average Bonchev–Trinajstić information content (AvgIpc) is 3.88. The number of anilines is 1. The largest absolute Gasteiger partial charge is 0.372 e. The molecule has 46 heavy (non-hydrogen) atoms. The van der Waals surface area contributed by atoms with E-state index in [1.165, 1.54) is 19.2 Å². The molecule has 1 saturated heterocycles. The molecule has 10 nitrogen and oxygen atoms in total. The fraction of sp³-hybridized carbons (Fsp3) is 0.706. The molecule has 3 aliphatic carbocycles. The van der Waals surface area contributed by atoms with Gasteiger partial charge in [-0.15, -0.1) is 0 Å². The van der Waals surface area contributed by atoms with Gasteiger partial charge in [-0.05, 0) is 94.4 Å². The third-order valence-corrected chi connectivity index (χ3v) is 10.4. The number of rotatable bonds is 14. The molecular formula is C34H49F2N5O5. The van der Waals surface area contributed by atoms with Gasteiger partial charge in [-0.1, -0.05) is 19.9 Å². The van der Waals surface area contributed by atoms with Crippen LogP contribution in [-0.2, 0) is 23.9 Å². The SMILES string of the molecule is CC[C@@H](OC)C(=O)N[C@@H](C(=O)N1CCN(C)[C@H](C)C1)[C@@H](C)c1ccc(NC(=O)[C@@H](NC(=O)C2(F)CC2)C(C2CC2)C2CC2)c(F)c1. The molecule has 3 saturated carbocycles. The van der Waals surface area contributed by atoms with E-state index >= 15 is 4.39 Å². The van der Waals surface area contributed by atoms with Crippen LogP contribution in [0.4, 0.5) is 14.5 Å². The number of ether oxygens (including phenoxy) is 1. The number of alkyl halides is 1. The highest BCUT2D eigenvalue weighted by atomic mass is 19.1. The minimum Gasteiger partial charge on any atom is -0.372 e. The van der Waals surface area contributed by atoms with Gasteiger partial charge in [0, 0.05) is 38.7 Å². The molecule has 0 bridgehead atoms. The van der Waals surface area contributed by atoms with Gasteiger partial charge < -0.3 is 30.5 Å². The van der Waals surface area contributed by atoms with Crippen LogP contribution in [0.5, 0.6) is 0 Å². The number of likely N-dealkylation sites (N-methyl/N-ethyl adjacent to an activating group) is 1. The number of carbonyl (C=O) groups is 4. The van der Waals surface area contributed by atoms with E-state index in [1.807, 2.05) is 20.9 Å². The molecule has 0 aromatic heterocycles. The summed E-state index contributed by atoms with van der Waals surface area (Å²) < 4.78 is 35.6. The molecule has 254 valence electrons. The Hall–Kier alpha value is -3.12. The molecule has 4 amide bonds. The summed E-state index contributed by atoms with van der Waals surface area (Å²) in [4.78, 5) is 57.1. The van der Waals surface area contributed by atoms with Crippen LogP contribution in [0, 0.1) is 23.6 Å². The highest BCUT2D eigenvalue weighted by molar-refractivity contribution is 5.99. The number of hydrogen-bond donors (Lipinski definition) is 3. The summed E-state index contributed by atoms with van der Waals surface area (Å²) in [6, 6.07) is 2.54. The van der Waals surface area contributed by atoms with Gasteiger partial charge in [-0.2, -0.15) is 0 Å². The Labute approximate surface area is 270 Å². The number of nitrogens with zero attached hydrogens (tertiary/aromatic N) is 2. The van der Waals surface area contributed by atoms with Gasteiger partial charge in [0.1, 0.15) is 24.0 Å². The molecule has 1 heterocycles. The van der Waals surface area contributed by atoms with Crippen LogP contribution in [0.15, 0.2) is 18.2 Å². The Balaban J connectivity index is 1.34. The Morgan fingerprint density at radius 1 is 1.02 bits per heavy atom. The number of hydrogen-bond acceptors (Lipinski definition) is 6. The number of nitrogens with one attached hydrogen (secondary N) is 3. The molecule has 1 aromatic rings. The van der Waals surface area contributed by atoms with Crippen LogP contribution >= 0.6 is 0 Å².